The van der Waals surface area contributed by atoms with Crippen LogP contribution in [0.4, 0.5) is 4.79 Å². The van der Waals surface area contributed by atoms with E-state index in [9.17, 15) is 14.4 Å². The molecule has 7 nitrogen and oxygen atoms in total. The van der Waals surface area contributed by atoms with Crippen molar-refractivity contribution in [2.75, 3.05) is 6.54 Å². The molecular weight excluding hydrogens is 342 g/mol. The Morgan fingerprint density at radius 3 is 2.86 bits per heavy atom. The molecule has 8 heteroatoms. The summed E-state index contributed by atoms with van der Waals surface area (Å²) in [5.74, 6) is -0.939. The van der Waals surface area contributed by atoms with Crippen LogP contribution in [0, 0.1) is 6.92 Å². The lowest BCUT2D eigenvalue weighted by molar-refractivity contribution is -0.118. The molecule has 1 fully saturated rings. The average molecular weight is 352 g/mol. The number of nitrogens with one attached hydrogen (secondary N) is 2. The van der Waals surface area contributed by atoms with Crippen molar-refractivity contribution in [2.45, 2.75) is 6.92 Å². The number of carbonyl (C=O) groups excluding carboxylic acids is 3. The van der Waals surface area contributed by atoms with Crippen molar-refractivity contribution in [3.63, 3.8) is 0 Å². The summed E-state index contributed by atoms with van der Waals surface area (Å²) in [5.41, 5.74) is 3.58. The molecule has 3 rings (SSSR count). The van der Waals surface area contributed by atoms with Crippen LogP contribution in [0.15, 0.2) is 27.1 Å². The number of hydrogen-bond donors (Lipinski definition) is 2. The number of urea groups is 1. The van der Waals surface area contributed by atoms with E-state index in [1.54, 1.807) is 19.1 Å². The van der Waals surface area contributed by atoms with Crippen molar-refractivity contribution < 1.29 is 18.8 Å². The normalized spacial score (nSPS) is 14.7. The van der Waals surface area contributed by atoms with Crippen molar-refractivity contribution in [3.05, 3.63) is 34.0 Å². The van der Waals surface area contributed by atoms with Crippen molar-refractivity contribution in [1.82, 2.24) is 15.8 Å². The lowest BCUT2D eigenvalue weighted by Gasteiger charge is -2.13. The van der Waals surface area contributed by atoms with Crippen LogP contribution in [0.5, 0.6) is 0 Å². The van der Waals surface area contributed by atoms with Crippen molar-refractivity contribution >= 4 is 44.7 Å². The highest BCUT2D eigenvalue weighted by atomic mass is 79.9. The van der Waals surface area contributed by atoms with E-state index < -0.39 is 17.8 Å². The van der Waals surface area contributed by atoms with Gasteiger partial charge in [0.15, 0.2) is 5.76 Å². The molecule has 4 amide bonds. The van der Waals surface area contributed by atoms with Crippen LogP contribution in [0.3, 0.4) is 0 Å². The van der Waals surface area contributed by atoms with Gasteiger partial charge in [-0.3, -0.25) is 20.3 Å². The molecule has 0 aliphatic carbocycles. The Hall–Kier alpha value is -2.35. The number of furan rings is 1. The number of rotatable bonds is 2. The summed E-state index contributed by atoms with van der Waals surface area (Å²) >= 11 is 3.36. The Morgan fingerprint density at radius 1 is 1.43 bits per heavy atom. The van der Waals surface area contributed by atoms with Gasteiger partial charge in [-0.05, 0) is 25.1 Å². The van der Waals surface area contributed by atoms with Crippen LogP contribution in [-0.2, 0) is 4.79 Å². The number of amides is 4. The lowest BCUT2D eigenvalue weighted by Crippen LogP contribution is -2.44. The summed E-state index contributed by atoms with van der Waals surface area (Å²) in [6.07, 6.45) is 0. The summed E-state index contributed by atoms with van der Waals surface area (Å²) in [5, 5.41) is 3.78. The summed E-state index contributed by atoms with van der Waals surface area (Å²) in [6, 6.07) is 4.73. The zero-order chi connectivity index (χ0) is 15.1. The minimum Gasteiger partial charge on any atom is -0.451 e. The number of hydrogen-bond acceptors (Lipinski definition) is 4. The molecule has 1 aromatic carbocycles. The van der Waals surface area contributed by atoms with Crippen LogP contribution < -0.4 is 10.7 Å². The number of halogens is 1. The Morgan fingerprint density at radius 2 is 2.19 bits per heavy atom. The Kier molecular flexibility index (Phi) is 3.17. The molecule has 0 radical (unpaired) electrons. The number of benzene rings is 1. The highest BCUT2D eigenvalue weighted by Crippen LogP contribution is 2.28. The summed E-state index contributed by atoms with van der Waals surface area (Å²) in [6.45, 7) is 1.54. The minimum atomic E-state index is -0.662. The van der Waals surface area contributed by atoms with Gasteiger partial charge in [-0.15, -0.1) is 0 Å². The van der Waals surface area contributed by atoms with Gasteiger partial charge in [-0.25, -0.2) is 9.80 Å². The van der Waals surface area contributed by atoms with Crippen molar-refractivity contribution in [2.24, 2.45) is 0 Å². The highest BCUT2D eigenvalue weighted by Gasteiger charge is 2.30. The average Bonchev–Trinajstić information content (AvgIpc) is 2.91. The van der Waals surface area contributed by atoms with E-state index in [1.807, 2.05) is 6.07 Å². The second kappa shape index (κ2) is 4.88. The molecule has 0 saturated carbocycles. The number of fused-ring (bicyclic) bond motifs is 1. The Bertz CT molecular complexity index is 783. The number of hydrazine groups is 1. The molecule has 108 valence electrons. The van der Waals surface area contributed by atoms with Gasteiger partial charge in [0.05, 0.1) is 0 Å². The molecule has 1 aliphatic heterocycles. The zero-order valence-electron chi connectivity index (χ0n) is 10.9. The summed E-state index contributed by atoms with van der Waals surface area (Å²) in [7, 11) is 0. The maximum Gasteiger partial charge on any atom is 0.343 e. The molecular formula is C13H10BrN3O4. The Labute approximate surface area is 127 Å². The van der Waals surface area contributed by atoms with Gasteiger partial charge < -0.3 is 4.42 Å². The van der Waals surface area contributed by atoms with Gasteiger partial charge in [0.1, 0.15) is 12.1 Å². The number of nitrogens with zero attached hydrogens (tertiary/aromatic N) is 1. The second-order valence-corrected chi connectivity index (χ2v) is 5.49. The van der Waals surface area contributed by atoms with Crippen LogP contribution >= 0.6 is 15.9 Å². The fourth-order valence-corrected chi connectivity index (χ4v) is 2.48. The number of aryl methyl sites for hydroxylation is 1. The van der Waals surface area contributed by atoms with Gasteiger partial charge in [0.2, 0.25) is 5.91 Å². The largest absolute Gasteiger partial charge is 0.451 e. The first-order valence-corrected chi connectivity index (χ1v) is 6.86. The van der Waals surface area contributed by atoms with Gasteiger partial charge in [0, 0.05) is 15.4 Å². The van der Waals surface area contributed by atoms with E-state index in [1.165, 1.54) is 0 Å². The van der Waals surface area contributed by atoms with Crippen LogP contribution in [0.25, 0.3) is 11.0 Å². The molecule has 1 aliphatic rings. The van der Waals surface area contributed by atoms with Gasteiger partial charge >= 0.3 is 11.9 Å². The predicted molar refractivity (Wildman–Crippen MR) is 76.4 cm³/mol. The predicted octanol–water partition coefficient (Wildman–Crippen LogP) is 1.70. The third kappa shape index (κ3) is 2.38. The molecule has 2 N–H and O–H groups in total. The maximum atomic E-state index is 12.2. The van der Waals surface area contributed by atoms with Gasteiger partial charge in [-0.2, -0.15) is 0 Å². The topological polar surface area (TPSA) is 91.7 Å². The minimum absolute atomic E-state index is 0.107. The fraction of sp³-hybridized carbons (Fsp3) is 0.154. The first kappa shape index (κ1) is 13.6. The maximum absolute atomic E-state index is 12.2. The van der Waals surface area contributed by atoms with Crippen LogP contribution in [0.2, 0.25) is 0 Å². The first-order chi connectivity index (χ1) is 9.95. The van der Waals surface area contributed by atoms with Crippen molar-refractivity contribution in [3.8, 4) is 0 Å². The quantitative estimate of drug-likeness (QED) is 0.805. The number of carbonyl (C=O) groups is 3. The SMILES string of the molecule is Cc1c(C(=O)NN2CC(=O)NC2=O)oc2ccc(Br)cc12. The van der Waals surface area contributed by atoms with E-state index in [4.69, 9.17) is 4.42 Å². The monoisotopic (exact) mass is 351 g/mol. The molecule has 0 bridgehead atoms. The highest BCUT2D eigenvalue weighted by molar-refractivity contribution is 9.10. The van der Waals surface area contributed by atoms with Gasteiger partial charge in [-0.1, -0.05) is 15.9 Å². The molecule has 0 atom stereocenters. The van der Waals surface area contributed by atoms with E-state index in [2.05, 4.69) is 26.7 Å². The molecule has 2 heterocycles. The summed E-state index contributed by atoms with van der Waals surface area (Å²) < 4.78 is 6.38. The van der Waals surface area contributed by atoms with Crippen molar-refractivity contribution in [1.29, 1.82) is 0 Å². The smallest absolute Gasteiger partial charge is 0.343 e. The third-order valence-electron chi connectivity index (χ3n) is 3.13. The molecule has 1 aromatic heterocycles. The molecule has 1 saturated heterocycles. The standard InChI is InChI=1S/C13H10BrN3O4/c1-6-8-4-7(14)2-3-9(8)21-11(6)12(19)16-17-5-10(18)15-13(17)20/h2-4H,5H2,1H3,(H,16,19)(H,15,18,20). The Balaban J connectivity index is 1.90. The molecule has 0 unspecified atom stereocenters. The van der Waals surface area contributed by atoms with E-state index in [-0.39, 0.29) is 12.3 Å². The van der Waals surface area contributed by atoms with Gasteiger partial charge in [0.25, 0.3) is 0 Å². The van der Waals surface area contributed by atoms with E-state index in [0.29, 0.717) is 11.1 Å². The zero-order valence-corrected chi connectivity index (χ0v) is 12.5. The molecule has 2 aromatic rings. The van der Waals surface area contributed by atoms with E-state index in [0.717, 1.165) is 14.9 Å². The first-order valence-electron chi connectivity index (χ1n) is 6.06. The third-order valence-corrected chi connectivity index (χ3v) is 3.63. The summed E-state index contributed by atoms with van der Waals surface area (Å²) in [4.78, 5) is 34.6. The van der Waals surface area contributed by atoms with Crippen LogP contribution in [0.1, 0.15) is 16.1 Å². The molecule has 0 spiro atoms. The lowest BCUT2D eigenvalue weighted by atomic mass is 10.1. The van der Waals surface area contributed by atoms with Crippen LogP contribution in [-0.4, -0.2) is 29.4 Å². The second-order valence-electron chi connectivity index (χ2n) is 4.58. The fourth-order valence-electron chi connectivity index (χ4n) is 2.12. The van der Waals surface area contributed by atoms with E-state index >= 15 is 0 Å². The number of imide groups is 1. The molecule has 21 heavy (non-hydrogen) atoms.